The fourth-order valence-corrected chi connectivity index (χ4v) is 4.12. The van der Waals surface area contributed by atoms with Crippen LogP contribution in [0.5, 0.6) is 5.75 Å². The molecule has 2 N–H and O–H groups in total. The molecular weight excluding hydrogens is 502 g/mol. The van der Waals surface area contributed by atoms with E-state index in [9.17, 15) is 14.9 Å². The first-order valence-corrected chi connectivity index (χ1v) is 11.2. The van der Waals surface area contributed by atoms with E-state index < -0.39 is 17.9 Å². The van der Waals surface area contributed by atoms with Crippen molar-refractivity contribution in [3.05, 3.63) is 81.2 Å². The van der Waals surface area contributed by atoms with Crippen molar-refractivity contribution in [2.45, 2.75) is 25.9 Å². The van der Waals surface area contributed by atoms with Crippen LogP contribution in [-0.2, 0) is 19.1 Å². The van der Waals surface area contributed by atoms with Gasteiger partial charge in [-0.15, -0.1) is 0 Å². The second kappa shape index (κ2) is 10.4. The number of methoxy groups -OCH3 is 2. The molecule has 0 fully saturated rings. The van der Waals surface area contributed by atoms with E-state index in [1.807, 2.05) is 13.8 Å². The van der Waals surface area contributed by atoms with Crippen molar-refractivity contribution in [1.29, 1.82) is 5.26 Å². The third-order valence-corrected chi connectivity index (χ3v) is 5.63. The second-order valence-electron chi connectivity index (χ2n) is 7.61. The van der Waals surface area contributed by atoms with Crippen molar-refractivity contribution in [1.82, 2.24) is 0 Å². The Balaban J connectivity index is 2.43. The first-order chi connectivity index (χ1) is 16.2. The maximum Gasteiger partial charge on any atom is 0.355 e. The van der Waals surface area contributed by atoms with Crippen LogP contribution in [-0.4, -0.2) is 32.3 Å². The molecule has 0 saturated heterocycles. The van der Waals surface area contributed by atoms with Gasteiger partial charge in [0.25, 0.3) is 0 Å². The van der Waals surface area contributed by atoms with Crippen LogP contribution in [0.3, 0.4) is 0 Å². The van der Waals surface area contributed by atoms with E-state index in [2.05, 4.69) is 22.0 Å². The van der Waals surface area contributed by atoms with Gasteiger partial charge in [0, 0.05) is 4.47 Å². The number of esters is 2. The summed E-state index contributed by atoms with van der Waals surface area (Å²) < 4.78 is 16.8. The highest BCUT2D eigenvalue weighted by Gasteiger charge is 2.43. The Labute approximate surface area is 206 Å². The predicted molar refractivity (Wildman–Crippen MR) is 129 cm³/mol. The second-order valence-corrected chi connectivity index (χ2v) is 8.53. The summed E-state index contributed by atoms with van der Waals surface area (Å²) in [4.78, 5) is 27.6. The number of hydrogen-bond donors (Lipinski definition) is 1. The molecule has 9 heteroatoms. The Bertz CT molecular complexity index is 1210. The summed E-state index contributed by atoms with van der Waals surface area (Å²) in [5, 5.41) is 10.1. The summed E-state index contributed by atoms with van der Waals surface area (Å²) >= 11 is 3.42. The van der Waals surface area contributed by atoms with Crippen LogP contribution < -0.4 is 15.4 Å². The molecular formula is C25H24BrN3O5. The van der Waals surface area contributed by atoms with E-state index in [0.29, 0.717) is 17.0 Å². The Morgan fingerprint density at radius 2 is 1.74 bits per heavy atom. The van der Waals surface area contributed by atoms with Crippen molar-refractivity contribution in [2.24, 2.45) is 5.73 Å². The third-order valence-electron chi connectivity index (χ3n) is 5.14. The summed E-state index contributed by atoms with van der Waals surface area (Å²) in [6.45, 7) is 3.70. The molecule has 0 aromatic heterocycles. The molecule has 1 unspecified atom stereocenters. The normalized spacial score (nSPS) is 15.8. The van der Waals surface area contributed by atoms with E-state index in [-0.39, 0.29) is 28.8 Å². The fraction of sp³-hybridized carbons (Fsp3) is 0.240. The van der Waals surface area contributed by atoms with E-state index in [0.717, 1.165) is 4.47 Å². The van der Waals surface area contributed by atoms with Crippen molar-refractivity contribution >= 4 is 33.6 Å². The SMILES string of the molecule is COC(=O)C1=C(C(=O)OC)N(c2ccc(Br)cc2OC(C)C)C(N)=C(C#N)C1c1ccccc1. The van der Waals surface area contributed by atoms with Gasteiger partial charge in [-0.3, -0.25) is 4.90 Å². The highest BCUT2D eigenvalue weighted by molar-refractivity contribution is 9.10. The number of carbonyl (C=O) groups is 2. The average molecular weight is 526 g/mol. The standard InChI is InChI=1S/C25H24BrN3O5/c1-14(2)34-19-12-16(26)10-11-18(19)29-22(25(31)33-4)21(24(30)32-3)20(17(13-27)23(29)28)15-8-6-5-7-9-15/h5-12,14,20H,28H2,1-4H3. The van der Waals surface area contributed by atoms with Gasteiger partial charge in [-0.05, 0) is 37.6 Å². The summed E-state index contributed by atoms with van der Waals surface area (Å²) in [6, 6.07) is 16.1. The molecule has 0 bridgehead atoms. The van der Waals surface area contributed by atoms with Crippen LogP contribution in [0.1, 0.15) is 25.3 Å². The maximum atomic E-state index is 13.2. The number of rotatable bonds is 6. The molecule has 1 heterocycles. The number of nitrogens with two attached hydrogens (primary N) is 1. The Morgan fingerprint density at radius 3 is 2.29 bits per heavy atom. The molecule has 2 aromatic carbocycles. The topological polar surface area (TPSA) is 115 Å². The van der Waals surface area contributed by atoms with Gasteiger partial charge in [-0.25, -0.2) is 9.59 Å². The van der Waals surface area contributed by atoms with Crippen LogP contribution in [0.4, 0.5) is 5.69 Å². The number of ether oxygens (including phenoxy) is 3. The van der Waals surface area contributed by atoms with Crippen molar-refractivity contribution in [3.63, 3.8) is 0 Å². The van der Waals surface area contributed by atoms with Gasteiger partial charge < -0.3 is 19.9 Å². The van der Waals surface area contributed by atoms with Crippen LogP contribution in [0, 0.1) is 11.3 Å². The Hall–Kier alpha value is -3.77. The molecule has 2 aromatic rings. The van der Waals surface area contributed by atoms with Crippen LogP contribution in [0.25, 0.3) is 0 Å². The molecule has 176 valence electrons. The van der Waals surface area contributed by atoms with Gasteiger partial charge in [0.2, 0.25) is 0 Å². The van der Waals surface area contributed by atoms with Crippen LogP contribution in [0.2, 0.25) is 0 Å². The quantitative estimate of drug-likeness (QED) is 0.559. The third kappa shape index (κ3) is 4.63. The number of carbonyl (C=O) groups excluding carboxylic acids is 2. The largest absolute Gasteiger partial charge is 0.489 e. The van der Waals surface area contributed by atoms with Crippen molar-refractivity contribution < 1.29 is 23.8 Å². The lowest BCUT2D eigenvalue weighted by Crippen LogP contribution is -2.41. The zero-order chi connectivity index (χ0) is 25.0. The van der Waals surface area contributed by atoms with E-state index in [1.165, 1.54) is 19.1 Å². The molecule has 0 saturated carbocycles. The molecule has 1 aliphatic rings. The number of hydrogen-bond acceptors (Lipinski definition) is 8. The minimum absolute atomic E-state index is 0.0275. The summed E-state index contributed by atoms with van der Waals surface area (Å²) in [6.07, 6.45) is -0.207. The molecule has 0 radical (unpaired) electrons. The Morgan fingerprint density at radius 1 is 1.09 bits per heavy atom. The minimum Gasteiger partial charge on any atom is -0.489 e. The lowest BCUT2D eigenvalue weighted by molar-refractivity contribution is -0.139. The molecule has 0 spiro atoms. The number of benzene rings is 2. The molecule has 3 rings (SSSR count). The van der Waals surface area contributed by atoms with E-state index >= 15 is 0 Å². The smallest absolute Gasteiger partial charge is 0.355 e. The summed E-state index contributed by atoms with van der Waals surface area (Å²) in [5.41, 5.74) is 7.35. The predicted octanol–water partition coefficient (Wildman–Crippen LogP) is 4.13. The highest BCUT2D eigenvalue weighted by atomic mass is 79.9. The molecule has 34 heavy (non-hydrogen) atoms. The summed E-state index contributed by atoms with van der Waals surface area (Å²) in [5.74, 6) is -2.19. The number of halogens is 1. The molecule has 1 atom stereocenters. The van der Waals surface area contributed by atoms with Gasteiger partial charge >= 0.3 is 11.9 Å². The van der Waals surface area contributed by atoms with Gasteiger partial charge in [-0.2, -0.15) is 5.26 Å². The number of nitrogens with zero attached hydrogens (tertiary/aromatic N) is 2. The van der Waals surface area contributed by atoms with E-state index in [1.54, 1.807) is 48.5 Å². The lowest BCUT2D eigenvalue weighted by atomic mass is 9.81. The lowest BCUT2D eigenvalue weighted by Gasteiger charge is -2.36. The first-order valence-electron chi connectivity index (χ1n) is 10.4. The van der Waals surface area contributed by atoms with Crippen LogP contribution >= 0.6 is 15.9 Å². The van der Waals surface area contributed by atoms with Crippen molar-refractivity contribution in [3.8, 4) is 11.8 Å². The first kappa shape index (κ1) is 24.9. The Kier molecular flexibility index (Phi) is 7.64. The number of allylic oxidation sites excluding steroid dienone is 1. The van der Waals surface area contributed by atoms with Gasteiger partial charge in [0.05, 0.1) is 49.1 Å². The molecule has 8 nitrogen and oxygen atoms in total. The minimum atomic E-state index is -0.936. The van der Waals surface area contributed by atoms with Gasteiger partial charge in [0.1, 0.15) is 17.3 Å². The number of anilines is 1. The van der Waals surface area contributed by atoms with Gasteiger partial charge in [0.15, 0.2) is 0 Å². The zero-order valence-corrected chi connectivity index (χ0v) is 20.8. The van der Waals surface area contributed by atoms with Gasteiger partial charge in [-0.1, -0.05) is 46.3 Å². The number of nitriles is 1. The summed E-state index contributed by atoms with van der Waals surface area (Å²) in [7, 11) is 2.41. The molecule has 0 aliphatic carbocycles. The zero-order valence-electron chi connectivity index (χ0n) is 19.2. The fourth-order valence-electron chi connectivity index (χ4n) is 3.78. The maximum absolute atomic E-state index is 13.2. The van der Waals surface area contributed by atoms with Crippen LogP contribution in [0.15, 0.2) is 75.7 Å². The monoisotopic (exact) mass is 525 g/mol. The highest BCUT2D eigenvalue weighted by Crippen LogP contribution is 2.45. The average Bonchev–Trinajstić information content (AvgIpc) is 2.83. The molecule has 1 aliphatic heterocycles. The van der Waals surface area contributed by atoms with E-state index in [4.69, 9.17) is 19.9 Å². The molecule has 0 amide bonds. The van der Waals surface area contributed by atoms with Crippen molar-refractivity contribution in [2.75, 3.05) is 19.1 Å².